The van der Waals surface area contributed by atoms with Crippen LogP contribution in [0, 0.1) is 11.8 Å². The number of aliphatic hydroxyl groups excluding tert-OH is 1. The fourth-order valence-corrected chi connectivity index (χ4v) is 7.40. The first-order valence-electron chi connectivity index (χ1n) is 14.0. The molecule has 11 heteroatoms. The number of nitrogens with one attached hydrogen (secondary N) is 2. The number of ether oxygens (including phenoxy) is 3. The third-order valence-corrected chi connectivity index (χ3v) is 9.03. The van der Waals surface area contributed by atoms with Gasteiger partial charge in [-0.25, -0.2) is 0 Å². The van der Waals surface area contributed by atoms with Crippen molar-refractivity contribution in [3.05, 3.63) is 48.5 Å². The lowest BCUT2D eigenvalue weighted by Crippen LogP contribution is -2.54. The first-order valence-corrected chi connectivity index (χ1v) is 15.0. The third-order valence-electron chi connectivity index (χ3n) is 8.19. The molecule has 1 spiro atoms. The minimum absolute atomic E-state index is 0.0613. The number of methoxy groups -OCH3 is 1. The van der Waals surface area contributed by atoms with Crippen molar-refractivity contribution in [3.63, 3.8) is 0 Å². The average molecular weight is 631 g/mol. The molecule has 0 saturated carbocycles. The van der Waals surface area contributed by atoms with E-state index in [4.69, 9.17) is 14.2 Å². The molecule has 6 atom stereocenters. The molecule has 2 aromatic rings. The number of likely N-dealkylation sites (tertiary alicyclic amines) is 1. The van der Waals surface area contributed by atoms with Crippen molar-refractivity contribution in [1.82, 2.24) is 4.90 Å². The Morgan fingerprint density at radius 3 is 2.27 bits per heavy atom. The maximum atomic E-state index is 14.1. The van der Waals surface area contributed by atoms with E-state index in [-0.39, 0.29) is 29.2 Å². The Labute approximate surface area is 247 Å². The van der Waals surface area contributed by atoms with Crippen LogP contribution in [0.15, 0.2) is 48.5 Å². The lowest BCUT2D eigenvalue weighted by Gasteiger charge is -2.34. The Balaban J connectivity index is 1.42. The summed E-state index contributed by atoms with van der Waals surface area (Å²) in [5, 5.41) is 15.1. The van der Waals surface area contributed by atoms with Crippen molar-refractivity contribution in [2.24, 2.45) is 11.8 Å². The molecule has 0 radical (unpaired) electrons. The number of alkyl halides is 1. The summed E-state index contributed by atoms with van der Waals surface area (Å²) in [4.78, 5) is 43.1. The summed E-state index contributed by atoms with van der Waals surface area (Å²) in [6.07, 6.45) is 1.80. The minimum Gasteiger partial charge on any atom is -0.497 e. The molecular weight excluding hydrogens is 594 g/mol. The molecule has 5 rings (SSSR count). The molecule has 3 N–H and O–H groups in total. The van der Waals surface area contributed by atoms with Gasteiger partial charge in [-0.2, -0.15) is 0 Å². The zero-order valence-electron chi connectivity index (χ0n) is 23.2. The van der Waals surface area contributed by atoms with E-state index in [1.807, 2.05) is 6.92 Å². The molecule has 3 fully saturated rings. The number of carbonyl (C=O) groups is 3. The molecule has 3 amide bonds. The van der Waals surface area contributed by atoms with Crippen LogP contribution in [-0.4, -0.2) is 77.2 Å². The second kappa shape index (κ2) is 12.4. The Morgan fingerprint density at radius 2 is 1.66 bits per heavy atom. The highest BCUT2D eigenvalue weighted by Gasteiger charge is 2.76. The largest absolute Gasteiger partial charge is 0.497 e. The van der Waals surface area contributed by atoms with Crippen LogP contribution in [0.4, 0.5) is 11.4 Å². The Morgan fingerprint density at radius 1 is 1.02 bits per heavy atom. The molecule has 220 valence electrons. The number of hydrogen-bond acceptors (Lipinski definition) is 7. The monoisotopic (exact) mass is 629 g/mol. The van der Waals surface area contributed by atoms with Crippen LogP contribution in [0.1, 0.15) is 32.6 Å². The predicted molar refractivity (Wildman–Crippen MR) is 156 cm³/mol. The molecule has 2 bridgehead atoms. The van der Waals surface area contributed by atoms with Gasteiger partial charge in [0.15, 0.2) is 0 Å². The van der Waals surface area contributed by atoms with Gasteiger partial charge in [0.25, 0.3) is 0 Å². The van der Waals surface area contributed by atoms with Gasteiger partial charge in [0.1, 0.15) is 23.1 Å². The van der Waals surface area contributed by atoms with Gasteiger partial charge >= 0.3 is 0 Å². The number of carbonyl (C=O) groups excluding carboxylic acids is 3. The van der Waals surface area contributed by atoms with Crippen LogP contribution in [0.25, 0.3) is 0 Å². The summed E-state index contributed by atoms with van der Waals surface area (Å²) < 4.78 is 17.3. The number of halogens is 1. The highest BCUT2D eigenvalue weighted by molar-refractivity contribution is 9.09. The molecular formula is C30H36BrN3O7. The van der Waals surface area contributed by atoms with E-state index in [0.29, 0.717) is 61.7 Å². The number of fused-ring (bicyclic) bond motifs is 1. The SMILES string of the molecule is CCOc1ccc(NC(=O)[C@H]2[C@@H]3OC4(CC3Br)C(C(=O)Nc3ccc(OC)cc3)N(CCCCCO)C(=O)[C@H]24)cc1. The first kappa shape index (κ1) is 29.3. The number of aliphatic hydroxyl groups is 1. The van der Waals surface area contributed by atoms with Gasteiger partial charge in [-0.3, -0.25) is 14.4 Å². The number of nitrogens with zero attached hydrogens (tertiary/aromatic N) is 1. The number of unbranched alkanes of at least 4 members (excludes halogenated alkanes) is 2. The second-order valence-electron chi connectivity index (χ2n) is 10.6. The van der Waals surface area contributed by atoms with Crippen LogP contribution in [0.2, 0.25) is 0 Å². The molecule has 3 unspecified atom stereocenters. The summed E-state index contributed by atoms with van der Waals surface area (Å²) in [6.45, 7) is 2.82. The van der Waals surface area contributed by atoms with E-state index in [1.54, 1.807) is 60.5 Å². The van der Waals surface area contributed by atoms with Gasteiger partial charge in [0, 0.05) is 29.4 Å². The molecule has 0 aromatic heterocycles. The fraction of sp³-hybridized carbons (Fsp3) is 0.500. The van der Waals surface area contributed by atoms with Gasteiger partial charge < -0.3 is 34.9 Å². The molecule has 3 aliphatic rings. The normalized spacial score (nSPS) is 28.0. The van der Waals surface area contributed by atoms with Crippen molar-refractivity contribution in [2.45, 2.75) is 55.2 Å². The van der Waals surface area contributed by atoms with Gasteiger partial charge in [0.05, 0.1) is 31.7 Å². The molecule has 0 aliphatic carbocycles. The lowest BCUT2D eigenvalue weighted by atomic mass is 9.70. The summed E-state index contributed by atoms with van der Waals surface area (Å²) in [5.74, 6) is -1.15. The van der Waals surface area contributed by atoms with E-state index in [0.717, 1.165) is 0 Å². The zero-order chi connectivity index (χ0) is 29.1. The van der Waals surface area contributed by atoms with Gasteiger partial charge in [-0.15, -0.1) is 0 Å². The van der Waals surface area contributed by atoms with E-state index in [1.165, 1.54) is 0 Å². The maximum Gasteiger partial charge on any atom is 0.250 e. The smallest absolute Gasteiger partial charge is 0.250 e. The predicted octanol–water partition coefficient (Wildman–Crippen LogP) is 3.58. The summed E-state index contributed by atoms with van der Waals surface area (Å²) in [6, 6.07) is 13.1. The number of rotatable bonds is 12. The highest BCUT2D eigenvalue weighted by Crippen LogP contribution is 2.60. The van der Waals surface area contributed by atoms with Gasteiger partial charge in [-0.05, 0) is 81.1 Å². The Bertz CT molecular complexity index is 1260. The average Bonchev–Trinajstić information content (AvgIpc) is 3.56. The Hall–Kier alpha value is -3.15. The summed E-state index contributed by atoms with van der Waals surface area (Å²) >= 11 is 3.70. The Kier molecular flexibility index (Phi) is 8.86. The van der Waals surface area contributed by atoms with Gasteiger partial charge in [0.2, 0.25) is 17.7 Å². The fourth-order valence-electron chi connectivity index (χ4n) is 6.45. The van der Waals surface area contributed by atoms with Crippen LogP contribution in [0.3, 0.4) is 0 Å². The van der Waals surface area contributed by atoms with Crippen molar-refractivity contribution in [1.29, 1.82) is 0 Å². The van der Waals surface area contributed by atoms with Crippen LogP contribution < -0.4 is 20.1 Å². The van der Waals surface area contributed by atoms with Crippen molar-refractivity contribution in [2.75, 3.05) is 37.5 Å². The standard InChI is InChI=1S/C30H36BrN3O7/c1-3-40-21-13-9-18(10-14-21)32-27(36)23-24-29(38)34(15-5-4-6-16-35)26(30(24)17-22(31)25(23)41-30)28(37)33-19-7-11-20(39-2)12-8-19/h7-14,22-26,35H,3-6,15-17H2,1-2H3,(H,32,36)(H,33,37)/t22?,23-,24+,25-,26?,30?/m1/s1. The first-order chi connectivity index (χ1) is 19.8. The third kappa shape index (κ3) is 5.54. The molecule has 3 saturated heterocycles. The summed E-state index contributed by atoms with van der Waals surface area (Å²) in [7, 11) is 1.57. The van der Waals surface area contributed by atoms with E-state index in [2.05, 4.69) is 26.6 Å². The molecule has 10 nitrogen and oxygen atoms in total. The minimum atomic E-state index is -1.15. The summed E-state index contributed by atoms with van der Waals surface area (Å²) in [5.41, 5.74) is 0.00199. The lowest BCUT2D eigenvalue weighted by molar-refractivity contribution is -0.139. The zero-order valence-corrected chi connectivity index (χ0v) is 24.8. The van der Waals surface area contributed by atoms with E-state index in [9.17, 15) is 19.5 Å². The quantitative estimate of drug-likeness (QED) is 0.242. The second-order valence-corrected chi connectivity index (χ2v) is 11.8. The van der Waals surface area contributed by atoms with Crippen LogP contribution >= 0.6 is 15.9 Å². The molecule has 3 aliphatic heterocycles. The van der Waals surface area contributed by atoms with Gasteiger partial charge in [-0.1, -0.05) is 15.9 Å². The highest BCUT2D eigenvalue weighted by atomic mass is 79.9. The van der Waals surface area contributed by atoms with E-state index >= 15 is 0 Å². The van der Waals surface area contributed by atoms with Crippen LogP contribution in [-0.2, 0) is 19.1 Å². The molecule has 2 aromatic carbocycles. The number of anilines is 2. The van der Waals surface area contributed by atoms with Crippen molar-refractivity contribution < 1.29 is 33.7 Å². The number of benzene rings is 2. The number of amides is 3. The molecule has 41 heavy (non-hydrogen) atoms. The van der Waals surface area contributed by atoms with Crippen molar-refractivity contribution in [3.8, 4) is 11.5 Å². The molecule has 3 heterocycles. The number of hydrogen-bond donors (Lipinski definition) is 3. The van der Waals surface area contributed by atoms with Crippen LogP contribution in [0.5, 0.6) is 11.5 Å². The maximum absolute atomic E-state index is 14.1. The van der Waals surface area contributed by atoms with Crippen molar-refractivity contribution >= 4 is 45.0 Å². The topological polar surface area (TPSA) is 126 Å². The van der Waals surface area contributed by atoms with E-state index < -0.39 is 29.6 Å².